The van der Waals surface area contributed by atoms with Crippen LogP contribution >= 0.6 is 0 Å². The molecule has 0 bridgehead atoms. The third kappa shape index (κ3) is 5.33. The third-order valence-electron chi connectivity index (χ3n) is 4.48. The smallest absolute Gasteiger partial charge is 0.251 e. The maximum atomic E-state index is 12.4. The van der Waals surface area contributed by atoms with E-state index in [0.29, 0.717) is 25.1 Å². The van der Waals surface area contributed by atoms with Crippen LogP contribution in [0.5, 0.6) is 5.75 Å². The Labute approximate surface area is 160 Å². The number of nitrogens with zero attached hydrogens (tertiary/aromatic N) is 1. The Balaban J connectivity index is 1.54. The highest BCUT2D eigenvalue weighted by Gasteiger charge is 2.19. The molecule has 0 saturated carbocycles. The summed E-state index contributed by atoms with van der Waals surface area (Å²) in [4.78, 5) is 26.0. The van der Waals surface area contributed by atoms with Crippen molar-refractivity contribution in [1.82, 2.24) is 10.2 Å². The highest BCUT2D eigenvalue weighted by Crippen LogP contribution is 2.16. The second-order valence-corrected chi connectivity index (χ2v) is 7.11. The molecule has 1 heterocycles. The average Bonchev–Trinajstić information content (AvgIpc) is 3.05. The lowest BCUT2D eigenvalue weighted by molar-refractivity contribution is -0.128. The number of amides is 2. The molecular formula is C22H26N2O3. The number of hydrogen-bond donors (Lipinski definition) is 1. The second kappa shape index (κ2) is 8.71. The molecule has 1 saturated heterocycles. The zero-order chi connectivity index (χ0) is 19.2. The molecule has 27 heavy (non-hydrogen) atoms. The van der Waals surface area contributed by atoms with Gasteiger partial charge in [-0.1, -0.05) is 24.3 Å². The van der Waals surface area contributed by atoms with Crippen LogP contribution in [0.1, 0.15) is 48.2 Å². The summed E-state index contributed by atoms with van der Waals surface area (Å²) >= 11 is 0. The van der Waals surface area contributed by atoms with Gasteiger partial charge in [0.1, 0.15) is 5.75 Å². The van der Waals surface area contributed by atoms with Crippen LogP contribution in [0.4, 0.5) is 0 Å². The first kappa shape index (κ1) is 19.0. The molecule has 0 atom stereocenters. The van der Waals surface area contributed by atoms with Gasteiger partial charge in [-0.2, -0.15) is 0 Å². The van der Waals surface area contributed by atoms with E-state index in [-0.39, 0.29) is 17.9 Å². The maximum Gasteiger partial charge on any atom is 0.251 e. The highest BCUT2D eigenvalue weighted by molar-refractivity contribution is 5.94. The first-order valence-electron chi connectivity index (χ1n) is 9.42. The van der Waals surface area contributed by atoms with Gasteiger partial charge in [-0.25, -0.2) is 0 Å². The Kier molecular flexibility index (Phi) is 6.12. The van der Waals surface area contributed by atoms with E-state index < -0.39 is 0 Å². The summed E-state index contributed by atoms with van der Waals surface area (Å²) in [6, 6.07) is 15.2. The Morgan fingerprint density at radius 2 is 1.93 bits per heavy atom. The number of carbonyl (C=O) groups excluding carboxylic acids is 2. The van der Waals surface area contributed by atoms with Crippen LogP contribution in [-0.2, 0) is 17.9 Å². The molecule has 0 unspecified atom stereocenters. The molecule has 0 radical (unpaired) electrons. The van der Waals surface area contributed by atoms with Gasteiger partial charge >= 0.3 is 0 Å². The van der Waals surface area contributed by atoms with Crippen molar-refractivity contribution in [3.8, 4) is 5.75 Å². The van der Waals surface area contributed by atoms with Crippen LogP contribution in [0.3, 0.4) is 0 Å². The summed E-state index contributed by atoms with van der Waals surface area (Å²) in [5.41, 5.74) is 2.65. The zero-order valence-corrected chi connectivity index (χ0v) is 15.9. The van der Waals surface area contributed by atoms with Crippen molar-refractivity contribution in [2.75, 3.05) is 6.54 Å². The van der Waals surface area contributed by atoms with Gasteiger partial charge in [0.05, 0.1) is 6.10 Å². The van der Waals surface area contributed by atoms with Gasteiger partial charge in [-0.3, -0.25) is 9.59 Å². The number of likely N-dealkylation sites (tertiary alicyclic amines) is 1. The predicted molar refractivity (Wildman–Crippen MR) is 104 cm³/mol. The topological polar surface area (TPSA) is 58.6 Å². The molecule has 1 fully saturated rings. The van der Waals surface area contributed by atoms with Crippen molar-refractivity contribution < 1.29 is 14.3 Å². The molecule has 1 aliphatic heterocycles. The summed E-state index contributed by atoms with van der Waals surface area (Å²) in [7, 11) is 0. The summed E-state index contributed by atoms with van der Waals surface area (Å²) in [6.45, 7) is 5.84. The van der Waals surface area contributed by atoms with E-state index in [9.17, 15) is 9.59 Å². The van der Waals surface area contributed by atoms with Crippen LogP contribution < -0.4 is 10.1 Å². The number of carbonyl (C=O) groups is 2. The van der Waals surface area contributed by atoms with Crippen molar-refractivity contribution in [1.29, 1.82) is 0 Å². The van der Waals surface area contributed by atoms with E-state index in [0.717, 1.165) is 29.8 Å². The Bertz CT molecular complexity index is 799. The van der Waals surface area contributed by atoms with E-state index in [4.69, 9.17) is 4.74 Å². The molecule has 2 aromatic rings. The number of nitrogens with one attached hydrogen (secondary N) is 1. The third-order valence-corrected chi connectivity index (χ3v) is 4.48. The van der Waals surface area contributed by atoms with Gasteiger partial charge in [0.15, 0.2) is 0 Å². The van der Waals surface area contributed by atoms with E-state index in [1.54, 1.807) is 0 Å². The SMILES string of the molecule is CC(C)Oc1cccc(CNC(=O)c2ccc(CN3CCCC3=O)cc2)c1. The van der Waals surface area contributed by atoms with E-state index in [1.165, 1.54) is 0 Å². The van der Waals surface area contributed by atoms with Crippen molar-refractivity contribution in [2.45, 2.75) is 45.9 Å². The lowest BCUT2D eigenvalue weighted by Crippen LogP contribution is -2.24. The van der Waals surface area contributed by atoms with Gasteiger partial charge < -0.3 is 15.0 Å². The zero-order valence-electron chi connectivity index (χ0n) is 15.9. The van der Waals surface area contributed by atoms with Gasteiger partial charge in [0.2, 0.25) is 5.91 Å². The largest absolute Gasteiger partial charge is 0.491 e. The molecular weight excluding hydrogens is 340 g/mol. The summed E-state index contributed by atoms with van der Waals surface area (Å²) in [6.07, 6.45) is 1.69. The first-order valence-corrected chi connectivity index (χ1v) is 9.42. The van der Waals surface area contributed by atoms with Crippen LogP contribution in [0.2, 0.25) is 0 Å². The highest BCUT2D eigenvalue weighted by atomic mass is 16.5. The van der Waals surface area contributed by atoms with E-state index in [2.05, 4.69) is 5.32 Å². The van der Waals surface area contributed by atoms with Crippen LogP contribution in [0, 0.1) is 0 Å². The molecule has 5 heteroatoms. The summed E-state index contributed by atoms with van der Waals surface area (Å²) < 4.78 is 5.68. The Morgan fingerprint density at radius 1 is 1.15 bits per heavy atom. The standard InChI is InChI=1S/C22H26N2O3/c1-16(2)27-20-6-3-5-18(13-20)14-23-22(26)19-10-8-17(9-11-19)15-24-12-4-7-21(24)25/h3,5-6,8-11,13,16H,4,7,12,14-15H2,1-2H3,(H,23,26). The summed E-state index contributed by atoms with van der Waals surface area (Å²) in [5.74, 6) is 0.895. The van der Waals surface area contributed by atoms with Crippen LogP contribution in [0.15, 0.2) is 48.5 Å². The molecule has 0 aromatic heterocycles. The normalized spacial score (nSPS) is 13.9. The number of benzene rings is 2. The Morgan fingerprint density at radius 3 is 2.59 bits per heavy atom. The molecule has 142 valence electrons. The van der Waals surface area contributed by atoms with Gasteiger partial charge in [0.25, 0.3) is 5.91 Å². The minimum atomic E-state index is -0.117. The molecule has 0 aliphatic carbocycles. The monoisotopic (exact) mass is 366 g/mol. The van der Waals surface area contributed by atoms with E-state index >= 15 is 0 Å². The number of ether oxygens (including phenoxy) is 1. The van der Waals surface area contributed by atoms with Crippen molar-refractivity contribution in [3.63, 3.8) is 0 Å². The van der Waals surface area contributed by atoms with E-state index in [1.807, 2.05) is 67.3 Å². The van der Waals surface area contributed by atoms with Crippen molar-refractivity contribution in [2.24, 2.45) is 0 Å². The van der Waals surface area contributed by atoms with Crippen molar-refractivity contribution in [3.05, 3.63) is 65.2 Å². The lowest BCUT2D eigenvalue weighted by atomic mass is 10.1. The molecule has 1 aliphatic rings. The van der Waals surface area contributed by atoms with Crippen LogP contribution in [0.25, 0.3) is 0 Å². The fraction of sp³-hybridized carbons (Fsp3) is 0.364. The molecule has 0 spiro atoms. The quantitative estimate of drug-likeness (QED) is 0.816. The lowest BCUT2D eigenvalue weighted by Gasteiger charge is -2.15. The summed E-state index contributed by atoms with van der Waals surface area (Å²) in [5, 5.41) is 2.94. The average molecular weight is 366 g/mol. The number of hydrogen-bond acceptors (Lipinski definition) is 3. The van der Waals surface area contributed by atoms with Gasteiger partial charge in [0, 0.05) is 31.6 Å². The maximum absolute atomic E-state index is 12.4. The predicted octanol–water partition coefficient (Wildman–Crippen LogP) is 3.53. The molecule has 3 rings (SSSR count). The fourth-order valence-corrected chi connectivity index (χ4v) is 3.14. The minimum absolute atomic E-state index is 0.115. The fourth-order valence-electron chi connectivity index (χ4n) is 3.14. The van der Waals surface area contributed by atoms with Crippen LogP contribution in [-0.4, -0.2) is 29.4 Å². The van der Waals surface area contributed by atoms with Gasteiger partial charge in [-0.05, 0) is 55.7 Å². The first-order chi connectivity index (χ1) is 13.0. The Hall–Kier alpha value is -2.82. The van der Waals surface area contributed by atoms with Crippen molar-refractivity contribution >= 4 is 11.8 Å². The minimum Gasteiger partial charge on any atom is -0.491 e. The molecule has 2 amide bonds. The molecule has 1 N–H and O–H groups in total. The second-order valence-electron chi connectivity index (χ2n) is 7.11. The number of rotatable bonds is 7. The molecule has 5 nitrogen and oxygen atoms in total. The molecule has 2 aromatic carbocycles. The van der Waals surface area contributed by atoms with Gasteiger partial charge in [-0.15, -0.1) is 0 Å².